The number of ether oxygens (including phenoxy) is 1. The average molecular weight is 263 g/mol. The van der Waals surface area contributed by atoms with Crippen LogP contribution in [0.25, 0.3) is 0 Å². The number of guanidine groups is 1. The molecule has 1 aromatic carbocycles. The van der Waals surface area contributed by atoms with Crippen LogP contribution in [0, 0.1) is 6.92 Å². The summed E-state index contributed by atoms with van der Waals surface area (Å²) in [5.41, 5.74) is 6.89. The molecule has 0 bridgehead atoms. The monoisotopic (exact) mass is 263 g/mol. The van der Waals surface area contributed by atoms with Gasteiger partial charge in [0.2, 0.25) is 0 Å². The maximum Gasteiger partial charge on any atom is 0.188 e. The number of hydrogen-bond acceptors (Lipinski definition) is 2. The van der Waals surface area contributed by atoms with Gasteiger partial charge in [-0.3, -0.25) is 4.99 Å². The molecule has 0 aromatic heterocycles. The Hall–Kier alpha value is -1.71. The maximum absolute atomic E-state index is 5.73. The van der Waals surface area contributed by atoms with Crippen LogP contribution in [0.3, 0.4) is 0 Å². The van der Waals surface area contributed by atoms with Gasteiger partial charge in [-0.25, -0.2) is 0 Å². The fourth-order valence-corrected chi connectivity index (χ4v) is 1.61. The Bertz CT molecular complexity index is 391. The van der Waals surface area contributed by atoms with E-state index in [1.807, 2.05) is 31.2 Å². The van der Waals surface area contributed by atoms with Crippen LogP contribution in [-0.2, 0) is 0 Å². The molecule has 0 aliphatic carbocycles. The fraction of sp³-hybridized carbons (Fsp3) is 0.533. The van der Waals surface area contributed by atoms with Crippen molar-refractivity contribution in [2.75, 3.05) is 19.7 Å². The third kappa shape index (κ3) is 6.70. The number of unbranched alkanes of at least 4 members (excludes halogenated alkanes) is 1. The number of nitrogens with two attached hydrogens (primary N) is 1. The van der Waals surface area contributed by atoms with Gasteiger partial charge in [0.05, 0.1) is 6.61 Å². The molecule has 0 saturated carbocycles. The first-order valence-corrected chi connectivity index (χ1v) is 6.96. The van der Waals surface area contributed by atoms with Gasteiger partial charge >= 0.3 is 0 Å². The molecule has 0 fully saturated rings. The van der Waals surface area contributed by atoms with Gasteiger partial charge in [-0.2, -0.15) is 0 Å². The Balaban J connectivity index is 2.14. The van der Waals surface area contributed by atoms with E-state index in [0.29, 0.717) is 19.1 Å². The lowest BCUT2D eigenvalue weighted by atomic mass is 10.2. The lowest BCUT2D eigenvalue weighted by molar-refractivity contribution is 0.311. The lowest BCUT2D eigenvalue weighted by Crippen LogP contribution is -2.32. The van der Waals surface area contributed by atoms with Crippen LogP contribution >= 0.6 is 0 Å². The SMILES string of the molecule is CCCCNC(N)=NCCCOc1ccccc1C. The Morgan fingerprint density at radius 1 is 1.32 bits per heavy atom. The number of hydrogen-bond donors (Lipinski definition) is 2. The Kier molecular flexibility index (Phi) is 7.47. The molecular weight excluding hydrogens is 238 g/mol. The second kappa shape index (κ2) is 9.25. The second-order valence-electron chi connectivity index (χ2n) is 4.51. The van der Waals surface area contributed by atoms with E-state index >= 15 is 0 Å². The maximum atomic E-state index is 5.73. The molecule has 19 heavy (non-hydrogen) atoms. The minimum atomic E-state index is 0.532. The summed E-state index contributed by atoms with van der Waals surface area (Å²) in [5.74, 6) is 1.48. The molecular formula is C15H25N3O. The van der Waals surface area contributed by atoms with Gasteiger partial charge in [0.15, 0.2) is 5.96 Å². The zero-order valence-electron chi connectivity index (χ0n) is 12.0. The minimum absolute atomic E-state index is 0.532. The molecule has 4 nitrogen and oxygen atoms in total. The average Bonchev–Trinajstić information content (AvgIpc) is 2.41. The van der Waals surface area contributed by atoms with Crippen molar-refractivity contribution >= 4 is 5.96 Å². The summed E-state index contributed by atoms with van der Waals surface area (Å²) in [7, 11) is 0. The molecule has 0 spiro atoms. The van der Waals surface area contributed by atoms with Crippen LogP contribution in [0.2, 0.25) is 0 Å². The van der Waals surface area contributed by atoms with Crippen molar-refractivity contribution in [3.05, 3.63) is 29.8 Å². The number of rotatable bonds is 8. The van der Waals surface area contributed by atoms with Gasteiger partial charge < -0.3 is 15.8 Å². The van der Waals surface area contributed by atoms with E-state index in [4.69, 9.17) is 10.5 Å². The highest BCUT2D eigenvalue weighted by atomic mass is 16.5. The first kappa shape index (κ1) is 15.3. The highest BCUT2D eigenvalue weighted by Gasteiger charge is 1.97. The third-order valence-electron chi connectivity index (χ3n) is 2.77. The molecule has 0 saturated heterocycles. The summed E-state index contributed by atoms with van der Waals surface area (Å²) in [4.78, 5) is 4.25. The zero-order valence-corrected chi connectivity index (χ0v) is 12.0. The molecule has 0 aliphatic rings. The van der Waals surface area contributed by atoms with Crippen molar-refractivity contribution in [2.24, 2.45) is 10.7 Å². The predicted molar refractivity (Wildman–Crippen MR) is 80.7 cm³/mol. The summed E-state index contributed by atoms with van der Waals surface area (Å²) in [5, 5.41) is 3.09. The standard InChI is InChI=1S/C15H25N3O/c1-3-4-10-17-15(16)18-11-7-12-19-14-9-6-5-8-13(14)2/h5-6,8-9H,3-4,7,10-12H2,1-2H3,(H3,16,17,18). The molecule has 0 atom stereocenters. The third-order valence-corrected chi connectivity index (χ3v) is 2.77. The summed E-state index contributed by atoms with van der Waals surface area (Å²) in [6.07, 6.45) is 3.14. The van der Waals surface area contributed by atoms with E-state index < -0.39 is 0 Å². The summed E-state index contributed by atoms with van der Waals surface area (Å²) in [6, 6.07) is 8.02. The normalized spacial score (nSPS) is 11.4. The van der Waals surface area contributed by atoms with Gasteiger partial charge in [-0.05, 0) is 25.0 Å². The van der Waals surface area contributed by atoms with E-state index in [1.54, 1.807) is 0 Å². The summed E-state index contributed by atoms with van der Waals surface area (Å²) in [6.45, 7) is 6.44. The molecule has 106 valence electrons. The van der Waals surface area contributed by atoms with Crippen LogP contribution < -0.4 is 15.8 Å². The van der Waals surface area contributed by atoms with Crippen molar-refractivity contribution in [1.82, 2.24) is 5.32 Å². The number of aryl methyl sites for hydroxylation is 1. The topological polar surface area (TPSA) is 59.6 Å². The molecule has 0 unspecified atom stereocenters. The molecule has 1 rings (SSSR count). The van der Waals surface area contributed by atoms with E-state index in [0.717, 1.165) is 37.1 Å². The van der Waals surface area contributed by atoms with Crippen molar-refractivity contribution in [2.45, 2.75) is 33.1 Å². The van der Waals surface area contributed by atoms with Crippen molar-refractivity contribution in [3.8, 4) is 5.75 Å². The highest BCUT2D eigenvalue weighted by Crippen LogP contribution is 2.15. The smallest absolute Gasteiger partial charge is 0.188 e. The van der Waals surface area contributed by atoms with Crippen LogP contribution in [-0.4, -0.2) is 25.7 Å². The molecule has 0 radical (unpaired) electrons. The summed E-state index contributed by atoms with van der Waals surface area (Å²) >= 11 is 0. The first-order chi connectivity index (χ1) is 9.24. The Morgan fingerprint density at radius 2 is 2.11 bits per heavy atom. The molecule has 3 N–H and O–H groups in total. The first-order valence-electron chi connectivity index (χ1n) is 6.96. The molecule has 0 aliphatic heterocycles. The molecule has 0 heterocycles. The van der Waals surface area contributed by atoms with Crippen molar-refractivity contribution in [3.63, 3.8) is 0 Å². The predicted octanol–water partition coefficient (Wildman–Crippen LogP) is 2.47. The van der Waals surface area contributed by atoms with Crippen LogP contribution in [0.1, 0.15) is 31.7 Å². The van der Waals surface area contributed by atoms with Crippen LogP contribution in [0.4, 0.5) is 0 Å². The molecule has 4 heteroatoms. The Morgan fingerprint density at radius 3 is 2.84 bits per heavy atom. The molecule has 1 aromatic rings. The number of benzene rings is 1. The van der Waals surface area contributed by atoms with E-state index in [2.05, 4.69) is 17.2 Å². The quantitative estimate of drug-likeness (QED) is 0.430. The van der Waals surface area contributed by atoms with E-state index in [1.165, 1.54) is 0 Å². The van der Waals surface area contributed by atoms with Gasteiger partial charge in [-0.15, -0.1) is 0 Å². The second-order valence-corrected chi connectivity index (χ2v) is 4.51. The number of para-hydroxylation sites is 1. The lowest BCUT2D eigenvalue weighted by Gasteiger charge is -2.08. The van der Waals surface area contributed by atoms with Crippen LogP contribution in [0.5, 0.6) is 5.75 Å². The van der Waals surface area contributed by atoms with Crippen LogP contribution in [0.15, 0.2) is 29.3 Å². The number of aliphatic imine (C=N–C) groups is 1. The number of nitrogens with one attached hydrogen (secondary N) is 1. The zero-order chi connectivity index (χ0) is 13.9. The Labute approximate surface area is 116 Å². The summed E-state index contributed by atoms with van der Waals surface area (Å²) < 4.78 is 5.69. The van der Waals surface area contributed by atoms with Gasteiger partial charge in [0.25, 0.3) is 0 Å². The highest BCUT2D eigenvalue weighted by molar-refractivity contribution is 5.77. The van der Waals surface area contributed by atoms with Gasteiger partial charge in [0.1, 0.15) is 5.75 Å². The van der Waals surface area contributed by atoms with E-state index in [-0.39, 0.29) is 0 Å². The van der Waals surface area contributed by atoms with E-state index in [9.17, 15) is 0 Å². The van der Waals surface area contributed by atoms with Crippen molar-refractivity contribution in [1.29, 1.82) is 0 Å². The number of nitrogens with zero attached hydrogens (tertiary/aromatic N) is 1. The van der Waals surface area contributed by atoms with Crippen molar-refractivity contribution < 1.29 is 4.74 Å². The largest absolute Gasteiger partial charge is 0.493 e. The van der Waals surface area contributed by atoms with Gasteiger partial charge in [0, 0.05) is 19.5 Å². The van der Waals surface area contributed by atoms with Gasteiger partial charge in [-0.1, -0.05) is 31.5 Å². The fourth-order valence-electron chi connectivity index (χ4n) is 1.61. The molecule has 0 amide bonds. The minimum Gasteiger partial charge on any atom is -0.493 e.